The first-order valence-corrected chi connectivity index (χ1v) is 9.69. The van der Waals surface area contributed by atoms with Crippen LogP contribution in [-0.2, 0) is 19.1 Å². The van der Waals surface area contributed by atoms with Crippen molar-refractivity contribution in [2.24, 2.45) is 0 Å². The Kier molecular flexibility index (Phi) is 15.0. The highest BCUT2D eigenvalue weighted by Gasteiger charge is 2.15. The minimum absolute atomic E-state index is 0.0814. The number of carbonyl (C=O) groups excluding carboxylic acids is 2. The summed E-state index contributed by atoms with van der Waals surface area (Å²) in [4.78, 5) is 21.7. The Morgan fingerprint density at radius 1 is 0.792 bits per heavy atom. The van der Waals surface area contributed by atoms with Crippen molar-refractivity contribution in [3.63, 3.8) is 0 Å². The maximum atomic E-state index is 11.5. The maximum absolute atomic E-state index is 11.5. The Balaban J connectivity index is 3.15. The van der Waals surface area contributed by atoms with Gasteiger partial charge in [-0.2, -0.15) is 0 Å². The zero-order valence-corrected chi connectivity index (χ0v) is 16.1. The molecule has 0 N–H and O–H groups in total. The van der Waals surface area contributed by atoms with Gasteiger partial charge in [-0.1, -0.05) is 38.5 Å². The van der Waals surface area contributed by atoms with Crippen molar-refractivity contribution in [2.45, 2.75) is 103 Å². The first-order chi connectivity index (χ1) is 11.5. The van der Waals surface area contributed by atoms with Crippen molar-refractivity contribution >= 4 is 12.3 Å². The van der Waals surface area contributed by atoms with Gasteiger partial charge >= 0.3 is 5.97 Å². The van der Waals surface area contributed by atoms with Crippen LogP contribution in [0.5, 0.6) is 0 Å². The lowest BCUT2D eigenvalue weighted by Gasteiger charge is -2.19. The van der Waals surface area contributed by atoms with Crippen LogP contribution in [0.4, 0.5) is 0 Å². The van der Waals surface area contributed by atoms with Gasteiger partial charge in [0.1, 0.15) is 11.9 Å². The lowest BCUT2D eigenvalue weighted by atomic mass is 10.1. The first-order valence-electron chi connectivity index (χ1n) is 9.69. The van der Waals surface area contributed by atoms with Crippen LogP contribution < -0.4 is 0 Å². The molecule has 0 unspecified atom stereocenters. The minimum Gasteiger partial charge on any atom is -0.460 e. The van der Waals surface area contributed by atoms with E-state index in [9.17, 15) is 9.59 Å². The van der Waals surface area contributed by atoms with Crippen molar-refractivity contribution < 1.29 is 19.1 Å². The third-order valence-corrected chi connectivity index (χ3v) is 3.70. The Morgan fingerprint density at radius 3 is 1.83 bits per heavy atom. The second-order valence-electron chi connectivity index (χ2n) is 7.44. The van der Waals surface area contributed by atoms with Crippen molar-refractivity contribution in [1.29, 1.82) is 0 Å². The highest BCUT2D eigenvalue weighted by molar-refractivity contribution is 5.69. The van der Waals surface area contributed by atoms with Crippen LogP contribution >= 0.6 is 0 Å². The molecule has 0 spiro atoms. The summed E-state index contributed by atoms with van der Waals surface area (Å²) in [7, 11) is 0. The number of aldehydes is 1. The number of ether oxygens (including phenoxy) is 2. The molecule has 0 aliphatic heterocycles. The zero-order valence-electron chi connectivity index (χ0n) is 16.1. The monoisotopic (exact) mass is 342 g/mol. The number of unbranched alkanes of at least 4 members (excludes halogenated alkanes) is 9. The Bertz CT molecular complexity index is 307. The maximum Gasteiger partial charge on any atom is 0.306 e. The van der Waals surface area contributed by atoms with E-state index < -0.39 is 0 Å². The summed E-state index contributed by atoms with van der Waals surface area (Å²) >= 11 is 0. The summed E-state index contributed by atoms with van der Waals surface area (Å²) in [5, 5.41) is 0. The normalized spacial score (nSPS) is 11.5. The van der Waals surface area contributed by atoms with Gasteiger partial charge in [0, 0.05) is 26.1 Å². The molecule has 0 aromatic heterocycles. The summed E-state index contributed by atoms with van der Waals surface area (Å²) < 4.78 is 10.9. The van der Waals surface area contributed by atoms with E-state index in [-0.39, 0.29) is 11.6 Å². The fourth-order valence-corrected chi connectivity index (χ4v) is 2.46. The SMILES string of the molecule is CC(C)(C)OC(=O)CCCCCCCCOCCCCCCC=O. The van der Waals surface area contributed by atoms with Gasteiger partial charge in [-0.05, 0) is 46.5 Å². The van der Waals surface area contributed by atoms with Gasteiger partial charge in [0.2, 0.25) is 0 Å². The van der Waals surface area contributed by atoms with Gasteiger partial charge in [-0.15, -0.1) is 0 Å². The molecular formula is C20H38O4. The van der Waals surface area contributed by atoms with Crippen LogP contribution in [0, 0.1) is 0 Å². The molecular weight excluding hydrogens is 304 g/mol. The number of carbonyl (C=O) groups is 2. The molecule has 0 saturated heterocycles. The Labute approximate surface area is 148 Å². The third-order valence-electron chi connectivity index (χ3n) is 3.70. The van der Waals surface area contributed by atoms with Crippen molar-refractivity contribution in [2.75, 3.05) is 13.2 Å². The first kappa shape index (κ1) is 23.1. The molecule has 0 bridgehead atoms. The van der Waals surface area contributed by atoms with E-state index in [1.165, 1.54) is 19.3 Å². The number of esters is 1. The second-order valence-corrected chi connectivity index (χ2v) is 7.44. The molecule has 24 heavy (non-hydrogen) atoms. The van der Waals surface area contributed by atoms with Crippen LogP contribution in [0.15, 0.2) is 0 Å². The average Bonchev–Trinajstić information content (AvgIpc) is 2.49. The largest absolute Gasteiger partial charge is 0.460 e. The number of hydrogen-bond donors (Lipinski definition) is 0. The van der Waals surface area contributed by atoms with E-state index in [0.29, 0.717) is 12.8 Å². The summed E-state index contributed by atoms with van der Waals surface area (Å²) in [6.45, 7) is 7.41. The average molecular weight is 343 g/mol. The summed E-state index contributed by atoms with van der Waals surface area (Å²) in [5.41, 5.74) is -0.368. The van der Waals surface area contributed by atoms with Crippen LogP contribution in [-0.4, -0.2) is 31.1 Å². The van der Waals surface area contributed by atoms with Gasteiger partial charge in [0.25, 0.3) is 0 Å². The summed E-state index contributed by atoms with van der Waals surface area (Å²) in [6.07, 6.45) is 13.4. The second kappa shape index (κ2) is 15.6. The molecule has 4 nitrogen and oxygen atoms in total. The lowest BCUT2D eigenvalue weighted by Crippen LogP contribution is -2.23. The van der Waals surface area contributed by atoms with Crippen molar-refractivity contribution in [3.8, 4) is 0 Å². The van der Waals surface area contributed by atoms with Gasteiger partial charge in [-0.3, -0.25) is 4.79 Å². The van der Waals surface area contributed by atoms with Gasteiger partial charge < -0.3 is 14.3 Å². The quantitative estimate of drug-likeness (QED) is 0.219. The summed E-state index contributed by atoms with van der Waals surface area (Å²) in [5.74, 6) is -0.0814. The van der Waals surface area contributed by atoms with Crippen LogP contribution in [0.2, 0.25) is 0 Å². The third kappa shape index (κ3) is 19.1. The molecule has 0 heterocycles. The highest BCUT2D eigenvalue weighted by atomic mass is 16.6. The van der Waals surface area contributed by atoms with Crippen molar-refractivity contribution in [1.82, 2.24) is 0 Å². The molecule has 0 fully saturated rings. The van der Waals surface area contributed by atoms with Crippen LogP contribution in [0.3, 0.4) is 0 Å². The standard InChI is InChI=1S/C20H38O4/c1-20(2,3)24-19(22)15-11-7-4-5-9-13-17-23-18-14-10-6-8-12-16-21/h16H,4-15,17-18H2,1-3H3. The molecule has 0 aliphatic carbocycles. The van der Waals surface area contributed by atoms with E-state index in [0.717, 1.165) is 64.4 Å². The highest BCUT2D eigenvalue weighted by Crippen LogP contribution is 2.12. The molecule has 4 heteroatoms. The lowest BCUT2D eigenvalue weighted by molar-refractivity contribution is -0.154. The molecule has 0 aromatic rings. The van der Waals surface area contributed by atoms with Gasteiger partial charge in [0.05, 0.1) is 0 Å². The van der Waals surface area contributed by atoms with E-state index in [1.54, 1.807) is 0 Å². The van der Waals surface area contributed by atoms with Crippen molar-refractivity contribution in [3.05, 3.63) is 0 Å². The molecule has 0 aliphatic rings. The molecule has 0 saturated carbocycles. The minimum atomic E-state index is -0.368. The molecule has 0 radical (unpaired) electrons. The predicted molar refractivity (Wildman–Crippen MR) is 98.1 cm³/mol. The molecule has 0 aromatic carbocycles. The van der Waals surface area contributed by atoms with Crippen LogP contribution in [0.25, 0.3) is 0 Å². The fraction of sp³-hybridized carbons (Fsp3) is 0.900. The van der Waals surface area contributed by atoms with Crippen LogP contribution in [0.1, 0.15) is 97.8 Å². The fourth-order valence-electron chi connectivity index (χ4n) is 2.46. The molecule has 0 atom stereocenters. The topological polar surface area (TPSA) is 52.6 Å². The molecule has 0 rings (SSSR count). The van der Waals surface area contributed by atoms with Gasteiger partial charge in [-0.25, -0.2) is 0 Å². The van der Waals surface area contributed by atoms with Gasteiger partial charge in [0.15, 0.2) is 0 Å². The predicted octanol–water partition coefficient (Wildman–Crippen LogP) is 5.22. The zero-order chi connectivity index (χ0) is 18.1. The molecule has 142 valence electrons. The Hall–Kier alpha value is -0.900. The number of hydrogen-bond acceptors (Lipinski definition) is 4. The molecule has 0 amide bonds. The smallest absolute Gasteiger partial charge is 0.306 e. The van der Waals surface area contributed by atoms with E-state index in [4.69, 9.17) is 9.47 Å². The van der Waals surface area contributed by atoms with E-state index in [1.807, 2.05) is 20.8 Å². The Morgan fingerprint density at radius 2 is 1.29 bits per heavy atom. The number of rotatable bonds is 16. The van der Waals surface area contributed by atoms with E-state index in [2.05, 4.69) is 0 Å². The summed E-state index contributed by atoms with van der Waals surface area (Å²) in [6, 6.07) is 0. The van der Waals surface area contributed by atoms with E-state index >= 15 is 0 Å².